The summed E-state index contributed by atoms with van der Waals surface area (Å²) in [5.41, 5.74) is 0.615. The molecule has 1 unspecified atom stereocenters. The molecule has 0 aromatic carbocycles. The SMILES string of the molecule is CCN(CC)CCN1C(=O)C(O)=C(C(=O)C(C)(C)C)C1c1sccc1C. The third kappa shape index (κ3) is 3.86. The molecule has 144 valence electrons. The van der Waals surface area contributed by atoms with Crippen molar-refractivity contribution in [2.45, 2.75) is 47.6 Å². The summed E-state index contributed by atoms with van der Waals surface area (Å²) in [4.78, 5) is 30.7. The van der Waals surface area contributed by atoms with Gasteiger partial charge in [0.15, 0.2) is 11.5 Å². The summed E-state index contributed by atoms with van der Waals surface area (Å²) in [6.07, 6.45) is 0. The van der Waals surface area contributed by atoms with Crippen LogP contribution in [-0.2, 0) is 9.59 Å². The van der Waals surface area contributed by atoms with E-state index < -0.39 is 17.4 Å². The Morgan fingerprint density at radius 2 is 1.92 bits per heavy atom. The van der Waals surface area contributed by atoms with Gasteiger partial charge in [-0.2, -0.15) is 0 Å². The maximum absolute atomic E-state index is 13.0. The molecule has 0 bridgehead atoms. The molecule has 0 saturated heterocycles. The van der Waals surface area contributed by atoms with Crippen LogP contribution in [0.15, 0.2) is 22.8 Å². The monoisotopic (exact) mass is 378 g/mol. The van der Waals surface area contributed by atoms with Crippen LogP contribution in [0.1, 0.15) is 51.1 Å². The second kappa shape index (κ2) is 7.92. The van der Waals surface area contributed by atoms with E-state index in [-0.39, 0.29) is 17.1 Å². The average Bonchev–Trinajstić information content (AvgIpc) is 3.09. The van der Waals surface area contributed by atoms with Crippen LogP contribution < -0.4 is 0 Å². The largest absolute Gasteiger partial charge is 0.503 e. The smallest absolute Gasteiger partial charge is 0.290 e. The number of thiophene rings is 1. The summed E-state index contributed by atoms with van der Waals surface area (Å²) in [7, 11) is 0. The highest BCUT2D eigenvalue weighted by Gasteiger charge is 2.46. The van der Waals surface area contributed by atoms with Gasteiger partial charge >= 0.3 is 0 Å². The number of hydrogen-bond acceptors (Lipinski definition) is 5. The Labute approximate surface area is 160 Å². The number of carbonyl (C=O) groups is 2. The molecule has 0 fully saturated rings. The Kier molecular flexibility index (Phi) is 6.29. The Morgan fingerprint density at radius 3 is 2.38 bits per heavy atom. The van der Waals surface area contributed by atoms with Gasteiger partial charge in [0, 0.05) is 23.4 Å². The fourth-order valence-electron chi connectivity index (χ4n) is 3.25. The molecule has 0 radical (unpaired) electrons. The zero-order chi connectivity index (χ0) is 19.6. The Balaban J connectivity index is 2.45. The van der Waals surface area contributed by atoms with Gasteiger partial charge in [-0.3, -0.25) is 9.59 Å². The lowest BCUT2D eigenvalue weighted by Gasteiger charge is -2.30. The van der Waals surface area contributed by atoms with Gasteiger partial charge in [0.05, 0.1) is 11.6 Å². The molecule has 1 N–H and O–H groups in total. The van der Waals surface area contributed by atoms with Gasteiger partial charge in [0.25, 0.3) is 5.91 Å². The normalized spacial score (nSPS) is 18.3. The van der Waals surface area contributed by atoms with E-state index in [1.807, 2.05) is 39.1 Å². The van der Waals surface area contributed by atoms with E-state index in [4.69, 9.17) is 0 Å². The number of ketones is 1. The van der Waals surface area contributed by atoms with Crippen molar-refractivity contribution in [1.82, 2.24) is 9.80 Å². The van der Waals surface area contributed by atoms with E-state index in [1.54, 1.807) is 4.90 Å². The molecule has 6 heteroatoms. The molecule has 2 heterocycles. The van der Waals surface area contributed by atoms with Crippen LogP contribution in [0.5, 0.6) is 0 Å². The van der Waals surface area contributed by atoms with Gasteiger partial charge in [0.1, 0.15) is 0 Å². The van der Waals surface area contributed by atoms with Gasteiger partial charge in [-0.05, 0) is 37.0 Å². The molecule has 1 amide bonds. The molecule has 5 nitrogen and oxygen atoms in total. The Hall–Kier alpha value is -1.66. The molecule has 1 aliphatic heterocycles. The number of aliphatic hydroxyl groups excluding tert-OH is 1. The van der Waals surface area contributed by atoms with Crippen molar-refractivity contribution in [1.29, 1.82) is 0 Å². The van der Waals surface area contributed by atoms with E-state index >= 15 is 0 Å². The lowest BCUT2D eigenvalue weighted by atomic mass is 9.83. The van der Waals surface area contributed by atoms with E-state index in [9.17, 15) is 14.7 Å². The summed E-state index contributed by atoms with van der Waals surface area (Å²) < 4.78 is 0. The van der Waals surface area contributed by atoms with Gasteiger partial charge in [-0.1, -0.05) is 34.6 Å². The number of nitrogens with zero attached hydrogens (tertiary/aromatic N) is 2. The van der Waals surface area contributed by atoms with Crippen LogP contribution in [0.3, 0.4) is 0 Å². The van der Waals surface area contributed by atoms with Crippen LogP contribution in [0.4, 0.5) is 0 Å². The van der Waals surface area contributed by atoms with Gasteiger partial charge in [-0.15, -0.1) is 11.3 Å². The van der Waals surface area contributed by atoms with Crippen molar-refractivity contribution in [2.24, 2.45) is 5.41 Å². The van der Waals surface area contributed by atoms with Gasteiger partial charge in [-0.25, -0.2) is 0 Å². The summed E-state index contributed by atoms with van der Waals surface area (Å²) in [6, 6.07) is 1.49. The van der Waals surface area contributed by atoms with E-state index in [1.165, 1.54) is 11.3 Å². The van der Waals surface area contributed by atoms with E-state index in [0.717, 1.165) is 23.5 Å². The number of Topliss-reactive ketones (excluding diaryl/α,β-unsaturated/α-hetero) is 1. The van der Waals surface area contributed by atoms with Crippen LogP contribution in [0.25, 0.3) is 0 Å². The number of carbonyl (C=O) groups excluding carboxylic acids is 2. The van der Waals surface area contributed by atoms with Crippen LogP contribution in [-0.4, -0.2) is 52.8 Å². The molecule has 1 aromatic rings. The fourth-order valence-corrected chi connectivity index (χ4v) is 4.29. The minimum absolute atomic E-state index is 0.175. The van der Waals surface area contributed by atoms with E-state index in [0.29, 0.717) is 13.1 Å². The minimum atomic E-state index is -0.665. The minimum Gasteiger partial charge on any atom is -0.503 e. The summed E-state index contributed by atoms with van der Waals surface area (Å²) in [5, 5.41) is 12.5. The second-order valence-electron chi connectivity index (χ2n) is 7.74. The third-order valence-corrected chi connectivity index (χ3v) is 6.00. The Morgan fingerprint density at radius 1 is 1.31 bits per heavy atom. The van der Waals surface area contributed by atoms with Crippen LogP contribution >= 0.6 is 11.3 Å². The molecule has 1 atom stereocenters. The first kappa shape index (κ1) is 20.6. The van der Waals surface area contributed by atoms with Crippen LogP contribution in [0, 0.1) is 12.3 Å². The second-order valence-corrected chi connectivity index (χ2v) is 8.68. The molecule has 0 saturated carbocycles. The first-order chi connectivity index (χ1) is 12.1. The number of likely N-dealkylation sites (N-methyl/N-ethyl adjacent to an activating group) is 1. The number of aryl methyl sites for hydroxylation is 1. The first-order valence-electron chi connectivity index (χ1n) is 9.18. The lowest BCUT2D eigenvalue weighted by molar-refractivity contribution is -0.129. The van der Waals surface area contributed by atoms with Crippen molar-refractivity contribution in [3.05, 3.63) is 33.2 Å². The quantitative estimate of drug-likeness (QED) is 0.786. The zero-order valence-corrected chi connectivity index (χ0v) is 17.4. The standard InChI is InChI=1S/C20H30N2O3S/c1-7-21(8-2)10-11-22-15(17-13(3)9-12-26-17)14(16(23)19(22)25)18(24)20(4,5)6/h9,12,15,23H,7-8,10-11H2,1-6H3. The first-order valence-corrected chi connectivity index (χ1v) is 10.1. The van der Waals surface area contributed by atoms with Crippen molar-refractivity contribution < 1.29 is 14.7 Å². The molecule has 26 heavy (non-hydrogen) atoms. The average molecular weight is 379 g/mol. The van der Waals surface area contributed by atoms with Crippen molar-refractivity contribution in [3.63, 3.8) is 0 Å². The third-order valence-electron chi connectivity index (χ3n) is 4.93. The van der Waals surface area contributed by atoms with Crippen molar-refractivity contribution >= 4 is 23.0 Å². The highest BCUT2D eigenvalue weighted by molar-refractivity contribution is 7.10. The summed E-state index contributed by atoms with van der Waals surface area (Å²) >= 11 is 1.53. The van der Waals surface area contributed by atoms with Crippen molar-refractivity contribution in [3.8, 4) is 0 Å². The van der Waals surface area contributed by atoms with Gasteiger partial charge < -0.3 is 14.9 Å². The molecule has 1 aliphatic rings. The number of hydrogen-bond donors (Lipinski definition) is 1. The highest BCUT2D eigenvalue weighted by atomic mass is 32.1. The predicted molar refractivity (Wildman–Crippen MR) is 105 cm³/mol. The summed E-state index contributed by atoms with van der Waals surface area (Å²) in [6.45, 7) is 14.6. The molecule has 0 aliphatic carbocycles. The molecule has 0 spiro atoms. The number of aliphatic hydroxyl groups is 1. The van der Waals surface area contributed by atoms with Gasteiger partial charge in [0.2, 0.25) is 0 Å². The lowest BCUT2D eigenvalue weighted by Crippen LogP contribution is -2.39. The maximum atomic E-state index is 13.0. The topological polar surface area (TPSA) is 60.9 Å². The number of rotatable bonds is 7. The van der Waals surface area contributed by atoms with E-state index in [2.05, 4.69) is 18.7 Å². The molecular formula is C20H30N2O3S. The van der Waals surface area contributed by atoms with Crippen molar-refractivity contribution in [2.75, 3.05) is 26.2 Å². The Bertz CT molecular complexity index is 711. The zero-order valence-electron chi connectivity index (χ0n) is 16.6. The molecule has 1 aromatic heterocycles. The van der Waals surface area contributed by atoms with Crippen LogP contribution in [0.2, 0.25) is 0 Å². The molecular weight excluding hydrogens is 348 g/mol. The maximum Gasteiger partial charge on any atom is 0.290 e. The highest BCUT2D eigenvalue weighted by Crippen LogP contribution is 2.43. The summed E-state index contributed by atoms with van der Waals surface area (Å²) in [5.74, 6) is -1.00. The fraction of sp³-hybridized carbons (Fsp3) is 0.600. The number of amides is 1. The molecule has 2 rings (SSSR count). The predicted octanol–water partition coefficient (Wildman–Crippen LogP) is 3.71.